The third-order valence-electron chi connectivity index (χ3n) is 4.58. The smallest absolute Gasteiger partial charge is 0.215 e. The first kappa shape index (κ1) is 16.9. The second-order valence-corrected chi connectivity index (χ2v) is 7.11. The highest BCUT2D eigenvalue weighted by Crippen LogP contribution is 2.26. The predicted molar refractivity (Wildman–Crippen MR) is 101 cm³/mol. The summed E-state index contributed by atoms with van der Waals surface area (Å²) in [5.41, 5.74) is 6.61. The molecule has 0 spiro atoms. The maximum atomic E-state index is 12.7. The molecule has 24 heavy (non-hydrogen) atoms. The molecule has 3 rings (SSSR count). The van der Waals surface area contributed by atoms with E-state index in [1.165, 1.54) is 32.1 Å². The number of ketones is 1. The molecule has 1 fully saturated rings. The van der Waals surface area contributed by atoms with Crippen LogP contribution < -0.4 is 10.6 Å². The number of nitrogens with zero attached hydrogens (tertiary/aromatic N) is 3. The van der Waals surface area contributed by atoms with Crippen LogP contribution in [0.25, 0.3) is 0 Å². The fourth-order valence-corrected chi connectivity index (χ4v) is 3.50. The summed E-state index contributed by atoms with van der Waals surface area (Å²) in [6.45, 7) is 0. The first-order valence-corrected chi connectivity index (χ1v) is 9.01. The molecule has 0 amide bonds. The fraction of sp³-hybridized carbons (Fsp3) is 0.389. The number of rotatable bonds is 4. The van der Waals surface area contributed by atoms with Gasteiger partial charge in [-0.15, -0.1) is 0 Å². The van der Waals surface area contributed by atoms with Gasteiger partial charge in [0.2, 0.25) is 5.78 Å². The van der Waals surface area contributed by atoms with Crippen molar-refractivity contribution in [2.45, 2.75) is 38.1 Å². The first-order valence-electron chi connectivity index (χ1n) is 8.22. The van der Waals surface area contributed by atoms with Crippen LogP contribution in [0.4, 0.5) is 11.6 Å². The van der Waals surface area contributed by atoms with E-state index in [-0.39, 0.29) is 13.0 Å². The van der Waals surface area contributed by atoms with E-state index in [1.807, 2.05) is 12.1 Å². The van der Waals surface area contributed by atoms with Crippen molar-refractivity contribution in [2.75, 3.05) is 17.7 Å². The molecule has 2 aromatic heterocycles. The lowest BCUT2D eigenvalue weighted by molar-refractivity contribution is 0.103. The Labute approximate surface area is 151 Å². The number of aromatic nitrogens is 2. The third-order valence-corrected chi connectivity index (χ3v) is 5.01. The largest absolute Gasteiger partial charge is 0.383 e. The predicted octanol–water partition coefficient (Wildman–Crippen LogP) is 4.07. The Morgan fingerprint density at radius 2 is 2.08 bits per heavy atom. The Morgan fingerprint density at radius 1 is 1.33 bits per heavy atom. The van der Waals surface area contributed by atoms with Gasteiger partial charge in [-0.25, -0.2) is 9.97 Å². The molecule has 0 aliphatic heterocycles. The number of nitrogen functional groups attached to an aromatic ring is 1. The normalized spacial score (nSPS) is 15.2. The van der Waals surface area contributed by atoms with E-state index in [4.69, 9.17) is 5.73 Å². The quantitative estimate of drug-likeness (QED) is 0.796. The van der Waals surface area contributed by atoms with Crippen molar-refractivity contribution < 1.29 is 6.22 Å². The van der Waals surface area contributed by atoms with E-state index in [1.54, 1.807) is 18.3 Å². The average Bonchev–Trinajstić information content (AvgIpc) is 2.63. The van der Waals surface area contributed by atoms with Gasteiger partial charge in [-0.1, -0.05) is 25.3 Å². The van der Waals surface area contributed by atoms with Crippen molar-refractivity contribution in [3.05, 3.63) is 46.2 Å². The number of carbonyl (C=O) groups is 1. The molecule has 6 heteroatoms. The second kappa shape index (κ2) is 7.30. The molecule has 0 bridgehead atoms. The van der Waals surface area contributed by atoms with Crippen molar-refractivity contribution in [3.8, 4) is 0 Å². The maximum Gasteiger partial charge on any atom is 0.215 e. The minimum atomic E-state index is -0.208. The number of nitrogens with two attached hydrogens (primary N) is 1. The highest BCUT2D eigenvalue weighted by atomic mass is 79.9. The van der Waals surface area contributed by atoms with E-state index in [0.717, 1.165) is 10.3 Å². The highest BCUT2D eigenvalue weighted by molar-refractivity contribution is 9.10. The van der Waals surface area contributed by atoms with Crippen molar-refractivity contribution in [1.82, 2.24) is 9.97 Å². The summed E-state index contributed by atoms with van der Waals surface area (Å²) in [4.78, 5) is 23.5. The molecule has 1 saturated carbocycles. The summed E-state index contributed by atoms with van der Waals surface area (Å²) in [6.07, 6.45) is 7.76. The van der Waals surface area contributed by atoms with Crippen LogP contribution in [-0.2, 0) is 0 Å². The molecule has 2 aromatic rings. The Kier molecular flexibility index (Phi) is 5.14. The Hall–Kier alpha value is -1.95. The van der Waals surface area contributed by atoms with Crippen molar-refractivity contribution in [2.24, 2.45) is 0 Å². The molecule has 0 saturated heterocycles. The lowest BCUT2D eigenvalue weighted by Crippen LogP contribution is -2.34. The van der Waals surface area contributed by atoms with Gasteiger partial charge < -0.3 is 10.6 Å². The lowest BCUT2D eigenvalue weighted by atomic mass is 9.94. The third kappa shape index (κ3) is 3.59. The van der Waals surface area contributed by atoms with Crippen molar-refractivity contribution in [3.63, 3.8) is 0 Å². The molecule has 0 aromatic carbocycles. The zero-order valence-corrected chi connectivity index (χ0v) is 15.3. The molecule has 128 valence electrons. The van der Waals surface area contributed by atoms with Gasteiger partial charge in [-0.2, -0.15) is 0 Å². The lowest BCUT2D eigenvalue weighted by Gasteiger charge is -2.32. The molecule has 5 nitrogen and oxygen atoms in total. The van der Waals surface area contributed by atoms with Crippen LogP contribution in [0.5, 0.6) is 0 Å². The Bertz CT molecular complexity index is 750. The number of hydrogen-bond acceptors (Lipinski definition) is 5. The van der Waals surface area contributed by atoms with Crippen LogP contribution in [0, 0.1) is 0 Å². The molecule has 2 N–H and O–H groups in total. The maximum absolute atomic E-state index is 12.7. The topological polar surface area (TPSA) is 72.1 Å². The van der Waals surface area contributed by atoms with Gasteiger partial charge >= 0.3 is 0 Å². The minimum absolute atomic E-state index is 0. The summed E-state index contributed by atoms with van der Waals surface area (Å²) in [7, 11) is 2.06. The van der Waals surface area contributed by atoms with Gasteiger partial charge in [-0.3, -0.25) is 4.79 Å². The van der Waals surface area contributed by atoms with E-state index in [0.29, 0.717) is 17.3 Å². The van der Waals surface area contributed by atoms with E-state index in [2.05, 4.69) is 37.8 Å². The van der Waals surface area contributed by atoms with Crippen LogP contribution in [0.1, 0.15) is 49.6 Å². The molecular weight excluding hydrogens is 368 g/mol. The number of hydrogen-bond donors (Lipinski definition) is 1. The number of anilines is 2. The highest BCUT2D eigenvalue weighted by Gasteiger charge is 2.21. The summed E-state index contributed by atoms with van der Waals surface area (Å²) in [6, 6.07) is 7.73. The molecule has 2 heterocycles. The van der Waals surface area contributed by atoms with Crippen LogP contribution in [-0.4, -0.2) is 28.8 Å². The van der Waals surface area contributed by atoms with Crippen LogP contribution in [0.3, 0.4) is 0 Å². The van der Waals surface area contributed by atoms with Gasteiger partial charge in [0, 0.05) is 25.2 Å². The van der Waals surface area contributed by atoms with Gasteiger partial charge in [0.15, 0.2) is 0 Å². The average molecular weight is 391 g/mol. The van der Waals surface area contributed by atoms with Gasteiger partial charge in [0.05, 0.1) is 5.56 Å². The number of pyridine rings is 2. The van der Waals surface area contributed by atoms with Crippen LogP contribution in [0.2, 0.25) is 0 Å². The summed E-state index contributed by atoms with van der Waals surface area (Å²) < 4.78 is 0.718. The Balaban J connectivity index is 0.00000225. The van der Waals surface area contributed by atoms with E-state index in [9.17, 15) is 4.79 Å². The van der Waals surface area contributed by atoms with E-state index < -0.39 is 0 Å². The molecule has 0 atom stereocenters. The van der Waals surface area contributed by atoms with Gasteiger partial charge in [0.1, 0.15) is 17.3 Å². The SMILES string of the molecule is CN(c1cccc(C(=O)c2cc(Br)cnc2N)n1)C1CCCCC1.[HH]. The fourth-order valence-electron chi connectivity index (χ4n) is 3.17. The van der Waals surface area contributed by atoms with E-state index >= 15 is 0 Å². The molecule has 0 radical (unpaired) electrons. The molecule has 1 aliphatic carbocycles. The monoisotopic (exact) mass is 390 g/mol. The molecular formula is C18H23BrN4O. The minimum Gasteiger partial charge on any atom is -0.383 e. The zero-order chi connectivity index (χ0) is 17.1. The van der Waals surface area contributed by atoms with Crippen LogP contribution in [0.15, 0.2) is 34.9 Å². The van der Waals surface area contributed by atoms with Crippen molar-refractivity contribution in [1.29, 1.82) is 0 Å². The second-order valence-electron chi connectivity index (χ2n) is 6.20. The number of carbonyl (C=O) groups excluding carboxylic acids is 1. The summed E-state index contributed by atoms with van der Waals surface area (Å²) in [5.74, 6) is 0.838. The molecule has 0 unspecified atom stereocenters. The molecule has 1 aliphatic rings. The van der Waals surface area contributed by atoms with Crippen LogP contribution >= 0.6 is 15.9 Å². The van der Waals surface area contributed by atoms with Crippen molar-refractivity contribution >= 4 is 33.3 Å². The summed E-state index contributed by atoms with van der Waals surface area (Å²) in [5, 5.41) is 0. The first-order chi connectivity index (χ1) is 11.6. The zero-order valence-electron chi connectivity index (χ0n) is 13.7. The number of halogens is 1. The van der Waals surface area contributed by atoms with Gasteiger partial charge in [-0.05, 0) is 47.0 Å². The standard InChI is InChI=1S/C18H21BrN4O.H2/c1-23(13-6-3-2-4-7-13)16-9-5-8-15(22-16)17(24)14-10-12(19)11-21-18(14)20;/h5,8-11,13H,2-4,6-7H2,1H3,(H2,20,21);1H. The Morgan fingerprint density at radius 3 is 2.83 bits per heavy atom. The van der Waals surface area contributed by atoms with Gasteiger partial charge in [0.25, 0.3) is 0 Å². The summed E-state index contributed by atoms with van der Waals surface area (Å²) >= 11 is 3.33.